The lowest BCUT2D eigenvalue weighted by molar-refractivity contribution is -0.121. The molecule has 0 aliphatic carbocycles. The minimum atomic E-state index is -0.269. The summed E-state index contributed by atoms with van der Waals surface area (Å²) < 4.78 is 9.73. The highest BCUT2D eigenvalue weighted by atomic mass is 16.5. The van der Waals surface area contributed by atoms with Crippen molar-refractivity contribution in [2.45, 2.75) is 0 Å². The Hall–Kier alpha value is -1.47. The largest absolute Gasteiger partial charge is 0.382 e. The van der Waals surface area contributed by atoms with Crippen molar-refractivity contribution >= 4 is 11.7 Å². The van der Waals surface area contributed by atoms with Gasteiger partial charge in [0.25, 0.3) is 5.91 Å². The van der Waals surface area contributed by atoms with Crippen LogP contribution in [0.15, 0.2) is 6.20 Å². The predicted octanol–water partition coefficient (Wildman–Crippen LogP) is -0.594. The summed E-state index contributed by atoms with van der Waals surface area (Å²) in [6, 6.07) is 0. The van der Waals surface area contributed by atoms with Crippen molar-refractivity contribution in [1.29, 1.82) is 0 Å². The minimum absolute atomic E-state index is 0.0176. The van der Waals surface area contributed by atoms with E-state index in [2.05, 4.69) is 20.7 Å². The third kappa shape index (κ3) is 3.97. The van der Waals surface area contributed by atoms with Crippen molar-refractivity contribution in [1.82, 2.24) is 15.4 Å². The molecular formula is C7H12N4O3. The molecule has 0 aromatic carbocycles. The Labute approximate surface area is 80.8 Å². The van der Waals surface area contributed by atoms with Crippen molar-refractivity contribution in [2.75, 3.05) is 32.2 Å². The number of H-pyrrole nitrogens is 1. The quantitative estimate of drug-likeness (QED) is 0.599. The number of carbonyl (C=O) groups is 1. The van der Waals surface area contributed by atoms with Crippen LogP contribution in [0, 0.1) is 0 Å². The summed E-state index contributed by atoms with van der Waals surface area (Å²) in [4.78, 5) is 11.1. The van der Waals surface area contributed by atoms with Gasteiger partial charge in [0.15, 0.2) is 5.82 Å². The van der Waals surface area contributed by atoms with Crippen molar-refractivity contribution in [2.24, 2.45) is 0 Å². The Kier molecular flexibility index (Phi) is 4.59. The van der Waals surface area contributed by atoms with Gasteiger partial charge in [0.2, 0.25) is 0 Å². The number of anilines is 1. The first-order chi connectivity index (χ1) is 6.83. The van der Waals surface area contributed by atoms with E-state index >= 15 is 0 Å². The number of carbonyl (C=O) groups excluding carboxylic acids is 1. The molecule has 1 aromatic heterocycles. The summed E-state index contributed by atoms with van der Waals surface area (Å²) >= 11 is 0. The summed E-state index contributed by atoms with van der Waals surface area (Å²) in [5, 5.41) is 12.1. The summed E-state index contributed by atoms with van der Waals surface area (Å²) in [5.41, 5.74) is 0. The van der Waals surface area contributed by atoms with Gasteiger partial charge in [-0.2, -0.15) is 10.3 Å². The molecule has 0 fully saturated rings. The molecule has 7 nitrogen and oxygen atoms in total. The van der Waals surface area contributed by atoms with Crippen molar-refractivity contribution in [3.05, 3.63) is 6.20 Å². The van der Waals surface area contributed by atoms with Gasteiger partial charge in [-0.05, 0) is 0 Å². The second-order valence-electron chi connectivity index (χ2n) is 2.45. The second-order valence-corrected chi connectivity index (χ2v) is 2.45. The van der Waals surface area contributed by atoms with E-state index in [4.69, 9.17) is 9.47 Å². The van der Waals surface area contributed by atoms with Gasteiger partial charge in [-0.3, -0.25) is 4.79 Å². The molecule has 0 saturated carbocycles. The standard InChI is InChI=1S/C7H12N4O3/c1-13-2-3-14-5-7(12)9-6-4-8-11-10-6/h4H,2-3,5H2,1H3,(H2,8,9,10,11,12). The van der Waals surface area contributed by atoms with E-state index in [0.29, 0.717) is 19.0 Å². The predicted molar refractivity (Wildman–Crippen MR) is 47.7 cm³/mol. The highest BCUT2D eigenvalue weighted by Gasteiger charge is 2.03. The van der Waals surface area contributed by atoms with Crippen LogP contribution in [-0.2, 0) is 14.3 Å². The fraction of sp³-hybridized carbons (Fsp3) is 0.571. The second kappa shape index (κ2) is 6.06. The molecule has 1 aromatic rings. The summed E-state index contributed by atoms with van der Waals surface area (Å²) in [6.07, 6.45) is 1.41. The van der Waals surface area contributed by atoms with Gasteiger partial charge in [-0.1, -0.05) is 0 Å². The van der Waals surface area contributed by atoms with E-state index in [1.165, 1.54) is 6.20 Å². The van der Waals surface area contributed by atoms with Crippen LogP contribution < -0.4 is 5.32 Å². The fourth-order valence-electron chi connectivity index (χ4n) is 0.748. The lowest BCUT2D eigenvalue weighted by Crippen LogP contribution is -2.19. The SMILES string of the molecule is COCCOCC(=O)Nc1cn[nH]n1. The Bertz CT molecular complexity index is 262. The van der Waals surface area contributed by atoms with E-state index < -0.39 is 0 Å². The minimum Gasteiger partial charge on any atom is -0.382 e. The monoisotopic (exact) mass is 200 g/mol. The molecule has 14 heavy (non-hydrogen) atoms. The third-order valence-corrected chi connectivity index (χ3v) is 1.35. The van der Waals surface area contributed by atoms with Crippen molar-refractivity contribution in [3.63, 3.8) is 0 Å². The van der Waals surface area contributed by atoms with Crippen LogP contribution in [-0.4, -0.2) is 48.2 Å². The number of amides is 1. The first-order valence-corrected chi connectivity index (χ1v) is 4.05. The zero-order valence-electron chi connectivity index (χ0n) is 7.82. The molecule has 0 aliphatic rings. The molecule has 0 unspecified atom stereocenters. The molecule has 0 radical (unpaired) electrons. The van der Waals surface area contributed by atoms with Gasteiger partial charge in [-0.15, -0.1) is 5.10 Å². The molecule has 0 saturated heterocycles. The van der Waals surface area contributed by atoms with Crippen LogP contribution in [0.4, 0.5) is 5.82 Å². The summed E-state index contributed by atoms with van der Waals surface area (Å²) in [6.45, 7) is 0.843. The highest BCUT2D eigenvalue weighted by molar-refractivity contribution is 5.90. The molecule has 0 bridgehead atoms. The lowest BCUT2D eigenvalue weighted by atomic mass is 10.6. The average Bonchev–Trinajstić information content (AvgIpc) is 2.65. The Morgan fingerprint density at radius 1 is 1.64 bits per heavy atom. The molecule has 78 valence electrons. The maximum Gasteiger partial charge on any atom is 0.251 e. The number of aromatic nitrogens is 3. The smallest absolute Gasteiger partial charge is 0.251 e. The number of rotatable bonds is 6. The molecule has 0 atom stereocenters. The van der Waals surface area contributed by atoms with E-state index in [9.17, 15) is 4.79 Å². The lowest BCUT2D eigenvalue weighted by Gasteiger charge is -2.02. The number of aromatic amines is 1. The van der Waals surface area contributed by atoms with Crippen LogP contribution in [0.3, 0.4) is 0 Å². The molecule has 1 rings (SSSR count). The van der Waals surface area contributed by atoms with Gasteiger partial charge >= 0.3 is 0 Å². The van der Waals surface area contributed by atoms with Gasteiger partial charge < -0.3 is 14.8 Å². The Balaban J connectivity index is 2.11. The van der Waals surface area contributed by atoms with E-state index in [1.807, 2.05) is 0 Å². The number of ether oxygens (including phenoxy) is 2. The zero-order valence-corrected chi connectivity index (χ0v) is 7.82. The van der Waals surface area contributed by atoms with Crippen LogP contribution in [0.25, 0.3) is 0 Å². The number of methoxy groups -OCH3 is 1. The molecule has 0 spiro atoms. The average molecular weight is 200 g/mol. The normalized spacial score (nSPS) is 10.1. The maximum absolute atomic E-state index is 11.1. The van der Waals surface area contributed by atoms with Gasteiger partial charge in [0, 0.05) is 7.11 Å². The first kappa shape index (κ1) is 10.6. The topological polar surface area (TPSA) is 89.1 Å². The number of nitrogens with zero attached hydrogens (tertiary/aromatic N) is 2. The van der Waals surface area contributed by atoms with Crippen LogP contribution >= 0.6 is 0 Å². The molecule has 7 heteroatoms. The zero-order chi connectivity index (χ0) is 10.2. The van der Waals surface area contributed by atoms with Gasteiger partial charge in [0.1, 0.15) is 6.61 Å². The van der Waals surface area contributed by atoms with Gasteiger partial charge in [-0.25, -0.2) is 0 Å². The van der Waals surface area contributed by atoms with Crippen molar-refractivity contribution < 1.29 is 14.3 Å². The summed E-state index contributed by atoms with van der Waals surface area (Å²) in [5.74, 6) is 0.111. The molecule has 0 aliphatic heterocycles. The molecule has 2 N–H and O–H groups in total. The highest BCUT2D eigenvalue weighted by Crippen LogP contribution is 1.94. The Morgan fingerprint density at radius 2 is 2.50 bits per heavy atom. The molecule has 1 amide bonds. The van der Waals surface area contributed by atoms with E-state index in [-0.39, 0.29) is 12.5 Å². The van der Waals surface area contributed by atoms with E-state index in [0.717, 1.165) is 0 Å². The third-order valence-electron chi connectivity index (χ3n) is 1.35. The van der Waals surface area contributed by atoms with Crippen LogP contribution in [0.2, 0.25) is 0 Å². The Morgan fingerprint density at radius 3 is 3.14 bits per heavy atom. The van der Waals surface area contributed by atoms with Crippen LogP contribution in [0.5, 0.6) is 0 Å². The maximum atomic E-state index is 11.1. The molecule has 1 heterocycles. The van der Waals surface area contributed by atoms with Gasteiger partial charge in [0.05, 0.1) is 19.4 Å². The fourth-order valence-corrected chi connectivity index (χ4v) is 0.748. The number of hydrogen-bond donors (Lipinski definition) is 2. The first-order valence-electron chi connectivity index (χ1n) is 4.05. The molecular weight excluding hydrogens is 188 g/mol. The van der Waals surface area contributed by atoms with Crippen molar-refractivity contribution in [3.8, 4) is 0 Å². The number of hydrogen-bond acceptors (Lipinski definition) is 5. The van der Waals surface area contributed by atoms with Crippen LogP contribution in [0.1, 0.15) is 0 Å². The summed E-state index contributed by atoms with van der Waals surface area (Å²) in [7, 11) is 1.57. The van der Waals surface area contributed by atoms with E-state index in [1.54, 1.807) is 7.11 Å². The number of nitrogens with one attached hydrogen (secondary N) is 2.